The van der Waals surface area contributed by atoms with E-state index in [4.69, 9.17) is 18.9 Å². The molecular formula is C23H30N2O4. The fraction of sp³-hybridized carbons (Fsp3) is 0.478. The van der Waals surface area contributed by atoms with Gasteiger partial charge in [0.05, 0.1) is 33.0 Å². The van der Waals surface area contributed by atoms with E-state index in [9.17, 15) is 0 Å². The summed E-state index contributed by atoms with van der Waals surface area (Å²) < 4.78 is 22.0. The molecule has 6 heteroatoms. The van der Waals surface area contributed by atoms with Crippen molar-refractivity contribution >= 4 is 0 Å². The largest absolute Gasteiger partial charge is 0.497 e. The summed E-state index contributed by atoms with van der Waals surface area (Å²) in [5, 5.41) is 0. The van der Waals surface area contributed by atoms with Crippen LogP contribution in [0.15, 0.2) is 48.5 Å². The van der Waals surface area contributed by atoms with Gasteiger partial charge in [-0.2, -0.15) is 0 Å². The smallest absolute Gasteiger partial charge is 0.119 e. The van der Waals surface area contributed by atoms with E-state index in [0.717, 1.165) is 63.2 Å². The minimum absolute atomic E-state index is 0.0119. The van der Waals surface area contributed by atoms with Crippen LogP contribution in [0.25, 0.3) is 0 Å². The maximum absolute atomic E-state index is 5.88. The molecule has 0 amide bonds. The number of nitrogens with zero attached hydrogens (tertiary/aromatic N) is 2. The third-order valence-electron chi connectivity index (χ3n) is 6.02. The summed E-state index contributed by atoms with van der Waals surface area (Å²) in [6, 6.07) is 16.2. The molecule has 4 rings (SSSR count). The monoisotopic (exact) mass is 398 g/mol. The Labute approximate surface area is 172 Å². The van der Waals surface area contributed by atoms with Gasteiger partial charge in [0, 0.05) is 32.7 Å². The van der Waals surface area contributed by atoms with Gasteiger partial charge >= 0.3 is 0 Å². The van der Waals surface area contributed by atoms with Crippen molar-refractivity contribution in [1.29, 1.82) is 0 Å². The molecule has 2 aromatic carbocycles. The Morgan fingerprint density at radius 3 is 1.86 bits per heavy atom. The lowest BCUT2D eigenvalue weighted by atomic mass is 9.85. The molecule has 6 nitrogen and oxygen atoms in total. The molecule has 2 saturated heterocycles. The van der Waals surface area contributed by atoms with Crippen LogP contribution in [0.1, 0.15) is 5.56 Å². The second-order valence-electron chi connectivity index (χ2n) is 7.61. The molecular weight excluding hydrogens is 368 g/mol. The third kappa shape index (κ3) is 4.34. The van der Waals surface area contributed by atoms with Crippen LogP contribution in [0.3, 0.4) is 0 Å². The first kappa shape index (κ1) is 20.0. The predicted octanol–water partition coefficient (Wildman–Crippen LogP) is 2.63. The number of benzene rings is 2. The number of methoxy groups -OCH3 is 2. The maximum atomic E-state index is 5.88. The average molecular weight is 399 g/mol. The predicted molar refractivity (Wildman–Crippen MR) is 112 cm³/mol. The van der Waals surface area contributed by atoms with Gasteiger partial charge in [-0.25, -0.2) is 0 Å². The summed E-state index contributed by atoms with van der Waals surface area (Å²) in [6.45, 7) is 7.33. The number of hydrogen-bond acceptors (Lipinski definition) is 6. The van der Waals surface area contributed by atoms with E-state index in [1.165, 1.54) is 5.56 Å². The van der Waals surface area contributed by atoms with Crippen LogP contribution in [-0.2, 0) is 10.3 Å². The molecule has 0 bridgehead atoms. The van der Waals surface area contributed by atoms with Crippen molar-refractivity contribution in [2.24, 2.45) is 0 Å². The van der Waals surface area contributed by atoms with E-state index < -0.39 is 0 Å². The SMILES string of the molecule is COc1ccc(OCCN2CCN(C3(c4ccc(OC)cc4)COC3)CC2)cc1. The van der Waals surface area contributed by atoms with Gasteiger partial charge in [0.2, 0.25) is 0 Å². The van der Waals surface area contributed by atoms with Crippen LogP contribution in [0.2, 0.25) is 0 Å². The normalized spacial score (nSPS) is 19.4. The fourth-order valence-electron chi connectivity index (χ4n) is 4.09. The minimum Gasteiger partial charge on any atom is -0.497 e. The van der Waals surface area contributed by atoms with Gasteiger partial charge in [0.15, 0.2) is 0 Å². The highest BCUT2D eigenvalue weighted by atomic mass is 16.5. The summed E-state index contributed by atoms with van der Waals surface area (Å²) in [4.78, 5) is 5.06. The molecule has 0 spiro atoms. The van der Waals surface area contributed by atoms with Crippen molar-refractivity contribution in [2.45, 2.75) is 5.54 Å². The molecule has 0 unspecified atom stereocenters. The molecule has 2 fully saturated rings. The van der Waals surface area contributed by atoms with Gasteiger partial charge in [0.25, 0.3) is 0 Å². The lowest BCUT2D eigenvalue weighted by molar-refractivity contribution is -0.156. The van der Waals surface area contributed by atoms with E-state index in [2.05, 4.69) is 21.9 Å². The molecule has 0 N–H and O–H groups in total. The third-order valence-corrected chi connectivity index (χ3v) is 6.02. The second-order valence-corrected chi connectivity index (χ2v) is 7.61. The number of hydrogen-bond donors (Lipinski definition) is 0. The van der Waals surface area contributed by atoms with E-state index in [1.807, 2.05) is 36.4 Å². The zero-order chi connectivity index (χ0) is 20.1. The summed E-state index contributed by atoms with van der Waals surface area (Å²) in [5.41, 5.74) is 1.33. The molecule has 2 aromatic rings. The van der Waals surface area contributed by atoms with E-state index in [-0.39, 0.29) is 5.54 Å². The molecule has 2 heterocycles. The summed E-state index contributed by atoms with van der Waals surface area (Å²) >= 11 is 0. The van der Waals surface area contributed by atoms with Crippen LogP contribution in [0.5, 0.6) is 17.2 Å². The Hall–Kier alpha value is -2.28. The number of piperazine rings is 1. The van der Waals surface area contributed by atoms with E-state index >= 15 is 0 Å². The highest BCUT2D eigenvalue weighted by Crippen LogP contribution is 2.37. The molecule has 0 atom stereocenters. The zero-order valence-corrected chi connectivity index (χ0v) is 17.3. The summed E-state index contributed by atoms with van der Waals surface area (Å²) in [5.74, 6) is 2.62. The van der Waals surface area contributed by atoms with Crippen molar-refractivity contribution in [3.8, 4) is 17.2 Å². The van der Waals surface area contributed by atoms with E-state index in [1.54, 1.807) is 14.2 Å². The Kier molecular flexibility index (Phi) is 6.23. The van der Waals surface area contributed by atoms with Gasteiger partial charge in [-0.15, -0.1) is 0 Å². The van der Waals surface area contributed by atoms with Gasteiger partial charge in [-0.1, -0.05) is 12.1 Å². The lowest BCUT2D eigenvalue weighted by Crippen LogP contribution is -2.64. The first-order valence-corrected chi connectivity index (χ1v) is 10.2. The molecule has 156 valence electrons. The summed E-state index contributed by atoms with van der Waals surface area (Å²) in [7, 11) is 3.37. The van der Waals surface area contributed by atoms with E-state index in [0.29, 0.717) is 6.61 Å². The number of rotatable bonds is 8. The second kappa shape index (κ2) is 9.03. The molecule has 0 radical (unpaired) electrons. The molecule has 2 aliphatic rings. The highest BCUT2D eigenvalue weighted by molar-refractivity contribution is 5.34. The quantitative estimate of drug-likeness (QED) is 0.681. The Balaban J connectivity index is 1.27. The van der Waals surface area contributed by atoms with Crippen molar-refractivity contribution in [2.75, 3.05) is 66.8 Å². The van der Waals surface area contributed by atoms with Crippen molar-refractivity contribution in [3.05, 3.63) is 54.1 Å². The molecule has 2 aliphatic heterocycles. The van der Waals surface area contributed by atoms with Crippen molar-refractivity contribution < 1.29 is 18.9 Å². The Bertz CT molecular complexity index is 766. The zero-order valence-electron chi connectivity index (χ0n) is 17.3. The van der Waals surface area contributed by atoms with Crippen molar-refractivity contribution in [1.82, 2.24) is 9.80 Å². The van der Waals surface area contributed by atoms with Crippen LogP contribution < -0.4 is 14.2 Å². The van der Waals surface area contributed by atoms with Crippen LogP contribution in [0, 0.1) is 0 Å². The molecule has 0 aromatic heterocycles. The minimum atomic E-state index is 0.0119. The van der Waals surface area contributed by atoms with Crippen LogP contribution in [-0.4, -0.2) is 76.6 Å². The van der Waals surface area contributed by atoms with Crippen molar-refractivity contribution in [3.63, 3.8) is 0 Å². The van der Waals surface area contributed by atoms with Crippen LogP contribution in [0.4, 0.5) is 0 Å². The van der Waals surface area contributed by atoms with Gasteiger partial charge < -0.3 is 18.9 Å². The fourth-order valence-corrected chi connectivity index (χ4v) is 4.09. The van der Waals surface area contributed by atoms with Gasteiger partial charge in [0.1, 0.15) is 23.9 Å². The molecule has 29 heavy (non-hydrogen) atoms. The Morgan fingerprint density at radius 1 is 0.793 bits per heavy atom. The summed E-state index contributed by atoms with van der Waals surface area (Å²) in [6.07, 6.45) is 0. The number of ether oxygens (including phenoxy) is 4. The first-order chi connectivity index (χ1) is 14.2. The molecule has 0 aliphatic carbocycles. The molecule has 0 saturated carbocycles. The van der Waals surface area contributed by atoms with Crippen LogP contribution >= 0.6 is 0 Å². The topological polar surface area (TPSA) is 43.4 Å². The standard InChI is InChI=1S/C23H30N2O4/c1-26-20-5-3-19(4-6-20)23(17-28-18-23)25-13-11-24(12-14-25)15-16-29-22-9-7-21(27-2)8-10-22/h3-10H,11-18H2,1-2H3. The van der Waals surface area contributed by atoms with Gasteiger partial charge in [-0.05, 0) is 42.0 Å². The highest BCUT2D eigenvalue weighted by Gasteiger charge is 2.46. The Morgan fingerprint density at radius 2 is 1.34 bits per heavy atom. The first-order valence-electron chi connectivity index (χ1n) is 10.2. The lowest BCUT2D eigenvalue weighted by Gasteiger charge is -2.52. The maximum Gasteiger partial charge on any atom is 0.119 e. The van der Waals surface area contributed by atoms with Gasteiger partial charge in [-0.3, -0.25) is 9.80 Å². The average Bonchev–Trinajstić information content (AvgIpc) is 2.75.